The molecular formula is C28H18F4N6O2S. The Kier molecular flexibility index (Phi) is 6.04. The Labute approximate surface area is 235 Å². The summed E-state index contributed by atoms with van der Waals surface area (Å²) in [5, 5.41) is 19.1. The third kappa shape index (κ3) is 4.36. The van der Waals surface area contributed by atoms with E-state index in [0.29, 0.717) is 18.4 Å². The lowest BCUT2D eigenvalue weighted by atomic mass is 10.1. The molecule has 41 heavy (non-hydrogen) atoms. The molecule has 8 nitrogen and oxygen atoms in total. The number of H-pyrrole nitrogens is 1. The monoisotopic (exact) mass is 578 g/mol. The maximum absolute atomic E-state index is 15.2. The molecule has 0 radical (unpaired) electrons. The molecule has 2 aliphatic rings. The fourth-order valence-corrected chi connectivity index (χ4v) is 5.47. The van der Waals surface area contributed by atoms with Gasteiger partial charge in [0.05, 0.1) is 34.6 Å². The van der Waals surface area contributed by atoms with Crippen molar-refractivity contribution in [2.75, 3.05) is 9.80 Å². The van der Waals surface area contributed by atoms with Gasteiger partial charge in [-0.05, 0) is 73.6 Å². The van der Waals surface area contributed by atoms with Crippen molar-refractivity contribution in [3.8, 4) is 6.07 Å². The zero-order chi connectivity index (χ0) is 29.1. The number of amides is 2. The van der Waals surface area contributed by atoms with Gasteiger partial charge in [0.25, 0.3) is 11.8 Å². The molecule has 206 valence electrons. The number of rotatable bonds is 5. The van der Waals surface area contributed by atoms with E-state index in [1.54, 1.807) is 30.5 Å². The Morgan fingerprint density at radius 1 is 1.12 bits per heavy atom. The van der Waals surface area contributed by atoms with Gasteiger partial charge in [0.2, 0.25) is 0 Å². The SMILES string of the molecule is N#Cc1ccc(N2C(=O)C3(CC3)N(c3ccc(CNC(=O)c4ccc5[nH]ncc5c4)c(F)c3)C2=S)cc1C(F)(F)F. The number of aromatic nitrogens is 2. The zero-order valence-electron chi connectivity index (χ0n) is 20.9. The average Bonchev–Trinajstić information content (AvgIpc) is 3.53. The number of hydrogen-bond acceptors (Lipinski definition) is 5. The van der Waals surface area contributed by atoms with Crippen LogP contribution in [0.1, 0.15) is 39.9 Å². The number of anilines is 2. The first-order valence-electron chi connectivity index (χ1n) is 12.3. The molecule has 13 heteroatoms. The van der Waals surface area contributed by atoms with Crippen LogP contribution in [0.4, 0.5) is 28.9 Å². The minimum absolute atomic E-state index is 0.0968. The van der Waals surface area contributed by atoms with E-state index in [9.17, 15) is 22.8 Å². The van der Waals surface area contributed by atoms with E-state index in [-0.39, 0.29) is 28.6 Å². The predicted octanol–water partition coefficient (Wildman–Crippen LogP) is 5.19. The highest BCUT2D eigenvalue weighted by Gasteiger charge is 2.64. The summed E-state index contributed by atoms with van der Waals surface area (Å²) < 4.78 is 55.9. The molecule has 1 aliphatic carbocycles. The summed E-state index contributed by atoms with van der Waals surface area (Å²) in [6.07, 6.45) is -2.47. The second-order valence-corrected chi connectivity index (χ2v) is 10.1. The number of nitrogens with zero attached hydrogens (tertiary/aromatic N) is 4. The molecule has 1 spiro atoms. The van der Waals surface area contributed by atoms with E-state index in [4.69, 9.17) is 17.5 Å². The maximum atomic E-state index is 15.2. The molecule has 0 unspecified atom stereocenters. The summed E-state index contributed by atoms with van der Waals surface area (Å²) in [7, 11) is 0. The van der Waals surface area contributed by atoms with E-state index in [1.165, 1.54) is 29.2 Å². The smallest absolute Gasteiger partial charge is 0.348 e. The highest BCUT2D eigenvalue weighted by molar-refractivity contribution is 7.81. The van der Waals surface area contributed by atoms with Gasteiger partial charge < -0.3 is 10.2 Å². The summed E-state index contributed by atoms with van der Waals surface area (Å²) in [5.41, 5.74) is -1.43. The lowest BCUT2D eigenvalue weighted by Crippen LogP contribution is -2.37. The highest BCUT2D eigenvalue weighted by atomic mass is 32.1. The quantitative estimate of drug-likeness (QED) is 0.250. The minimum Gasteiger partial charge on any atom is -0.348 e. The number of fused-ring (bicyclic) bond motifs is 1. The van der Waals surface area contributed by atoms with Crippen molar-refractivity contribution < 1.29 is 27.2 Å². The summed E-state index contributed by atoms with van der Waals surface area (Å²) >= 11 is 5.53. The van der Waals surface area contributed by atoms with Gasteiger partial charge in [0.1, 0.15) is 11.4 Å². The van der Waals surface area contributed by atoms with Crippen LogP contribution in [0.25, 0.3) is 10.9 Å². The molecular weight excluding hydrogens is 560 g/mol. The van der Waals surface area contributed by atoms with Gasteiger partial charge in [-0.1, -0.05) is 6.07 Å². The Morgan fingerprint density at radius 2 is 1.88 bits per heavy atom. The maximum Gasteiger partial charge on any atom is 0.417 e. The van der Waals surface area contributed by atoms with E-state index >= 15 is 4.39 Å². The Bertz CT molecular complexity index is 1810. The molecule has 1 saturated heterocycles. The standard InChI is InChI=1S/C28H18F4N6O2S/c29-22-11-20(5-2-17(22)13-34-24(39)15-3-6-23-18(9-15)14-35-36-23)38-26(41)37(25(40)27(38)7-8-27)19-4-1-16(12-33)21(10-19)28(30,31)32/h1-6,9-11,14H,7-8,13H2,(H,34,39)(H,35,36). The summed E-state index contributed by atoms with van der Waals surface area (Å²) in [6.45, 7) is -0.111. The van der Waals surface area contributed by atoms with E-state index in [1.807, 2.05) is 0 Å². The lowest BCUT2D eigenvalue weighted by molar-refractivity contribution is -0.137. The fourth-order valence-electron chi connectivity index (χ4n) is 5.00. The van der Waals surface area contributed by atoms with Crippen LogP contribution < -0.4 is 15.1 Å². The second kappa shape index (κ2) is 9.38. The molecule has 6 rings (SSSR count). The second-order valence-electron chi connectivity index (χ2n) is 9.76. The Hall–Kier alpha value is -4.83. The zero-order valence-corrected chi connectivity index (χ0v) is 21.7. The van der Waals surface area contributed by atoms with Crippen molar-refractivity contribution in [3.05, 3.63) is 88.9 Å². The molecule has 0 bridgehead atoms. The van der Waals surface area contributed by atoms with E-state index in [2.05, 4.69) is 15.5 Å². The van der Waals surface area contributed by atoms with Crippen molar-refractivity contribution in [1.29, 1.82) is 5.26 Å². The number of carbonyl (C=O) groups excluding carboxylic acids is 2. The van der Waals surface area contributed by atoms with Crippen LogP contribution in [-0.4, -0.2) is 32.7 Å². The van der Waals surface area contributed by atoms with Crippen LogP contribution in [-0.2, 0) is 17.5 Å². The number of carbonyl (C=O) groups is 2. The van der Waals surface area contributed by atoms with Crippen molar-refractivity contribution in [3.63, 3.8) is 0 Å². The van der Waals surface area contributed by atoms with Crippen LogP contribution in [0.2, 0.25) is 0 Å². The molecule has 2 amide bonds. The number of aromatic amines is 1. The van der Waals surface area contributed by atoms with Gasteiger partial charge in [0, 0.05) is 28.7 Å². The largest absolute Gasteiger partial charge is 0.417 e. The first kappa shape index (κ1) is 26.4. The fraction of sp³-hybridized carbons (Fsp3) is 0.179. The molecule has 2 fully saturated rings. The minimum atomic E-state index is -4.82. The number of alkyl halides is 3. The van der Waals surface area contributed by atoms with Crippen LogP contribution in [0, 0.1) is 17.1 Å². The van der Waals surface area contributed by atoms with Gasteiger partial charge in [0.15, 0.2) is 5.11 Å². The van der Waals surface area contributed by atoms with Gasteiger partial charge >= 0.3 is 6.18 Å². The summed E-state index contributed by atoms with van der Waals surface area (Å²) in [4.78, 5) is 28.5. The number of nitrogens with one attached hydrogen (secondary N) is 2. The number of nitriles is 1. The van der Waals surface area contributed by atoms with Crippen LogP contribution >= 0.6 is 12.2 Å². The van der Waals surface area contributed by atoms with Crippen LogP contribution in [0.5, 0.6) is 0 Å². The molecule has 4 aromatic rings. The number of hydrogen-bond donors (Lipinski definition) is 2. The lowest BCUT2D eigenvalue weighted by Gasteiger charge is -2.24. The normalized spacial score (nSPS) is 16.0. The summed E-state index contributed by atoms with van der Waals surface area (Å²) in [5.74, 6) is -1.59. The first-order chi connectivity index (χ1) is 19.5. The Morgan fingerprint density at radius 3 is 2.56 bits per heavy atom. The van der Waals surface area contributed by atoms with E-state index in [0.717, 1.165) is 27.9 Å². The third-order valence-corrected chi connectivity index (χ3v) is 7.62. The van der Waals surface area contributed by atoms with E-state index < -0.39 is 40.5 Å². The molecule has 3 aromatic carbocycles. The molecule has 1 aliphatic heterocycles. The summed E-state index contributed by atoms with van der Waals surface area (Å²) in [6, 6.07) is 13.6. The van der Waals surface area contributed by atoms with Crippen LogP contribution in [0.15, 0.2) is 60.8 Å². The van der Waals surface area contributed by atoms with Crippen molar-refractivity contribution >= 4 is 51.4 Å². The van der Waals surface area contributed by atoms with Crippen molar-refractivity contribution in [2.24, 2.45) is 0 Å². The van der Waals surface area contributed by atoms with Crippen molar-refractivity contribution in [1.82, 2.24) is 15.5 Å². The number of benzene rings is 3. The number of thiocarbonyl (C=S) groups is 1. The van der Waals surface area contributed by atoms with Crippen LogP contribution in [0.3, 0.4) is 0 Å². The molecule has 1 aromatic heterocycles. The third-order valence-electron chi connectivity index (χ3n) is 7.26. The van der Waals surface area contributed by atoms with Gasteiger partial charge in [-0.15, -0.1) is 0 Å². The number of halogens is 4. The Balaban J connectivity index is 1.24. The van der Waals surface area contributed by atoms with Gasteiger partial charge in [-0.25, -0.2) is 4.39 Å². The van der Waals surface area contributed by atoms with Crippen molar-refractivity contribution in [2.45, 2.75) is 31.1 Å². The van der Waals surface area contributed by atoms with Gasteiger partial charge in [-0.2, -0.15) is 23.5 Å². The molecule has 2 heterocycles. The predicted molar refractivity (Wildman–Crippen MR) is 144 cm³/mol. The van der Waals surface area contributed by atoms with Gasteiger partial charge in [-0.3, -0.25) is 19.6 Å². The average molecular weight is 579 g/mol. The molecule has 0 atom stereocenters. The highest BCUT2D eigenvalue weighted by Crippen LogP contribution is 2.51. The topological polar surface area (TPSA) is 105 Å². The molecule has 2 N–H and O–H groups in total. The first-order valence-corrected chi connectivity index (χ1v) is 12.7. The molecule has 1 saturated carbocycles.